The van der Waals surface area contributed by atoms with Crippen molar-refractivity contribution in [2.75, 3.05) is 6.61 Å². The summed E-state index contributed by atoms with van der Waals surface area (Å²) in [6.45, 7) is 13.1. The number of ether oxygens (including phenoxy) is 1. The smallest absolute Gasteiger partial charge is 0.138 e. The summed E-state index contributed by atoms with van der Waals surface area (Å²) in [5, 5.41) is 14.2. The fourth-order valence-electron chi connectivity index (χ4n) is 1.53. The lowest BCUT2D eigenvalue weighted by molar-refractivity contribution is -0.0266. The average molecular weight is 314 g/mol. The van der Waals surface area contributed by atoms with E-state index in [2.05, 4.69) is 26.1 Å². The molecule has 0 aliphatic rings. The zero-order valence-corrected chi connectivity index (χ0v) is 14.7. The Morgan fingerprint density at radius 1 is 1.24 bits per heavy atom. The summed E-state index contributed by atoms with van der Waals surface area (Å²) in [6.07, 6.45) is 0. The van der Waals surface area contributed by atoms with Crippen molar-refractivity contribution in [2.24, 2.45) is 5.92 Å². The van der Waals surface area contributed by atoms with Crippen LogP contribution in [0.25, 0.3) is 0 Å². The molecule has 0 aliphatic carbocycles. The second-order valence-corrected chi connectivity index (χ2v) is 7.58. The minimum absolute atomic E-state index is 0.0671. The Bertz CT molecular complexity index is 464. The average Bonchev–Trinajstić information content (AvgIpc) is 2.34. The van der Waals surface area contributed by atoms with Crippen LogP contribution >= 0.6 is 11.6 Å². The van der Waals surface area contributed by atoms with Gasteiger partial charge >= 0.3 is 0 Å². The van der Waals surface area contributed by atoms with Crippen molar-refractivity contribution in [3.8, 4) is 5.75 Å². The van der Waals surface area contributed by atoms with Crippen LogP contribution in [0.4, 0.5) is 0 Å². The molecule has 1 unspecified atom stereocenters. The molecule has 0 radical (unpaired) electrons. The van der Waals surface area contributed by atoms with E-state index in [0.717, 1.165) is 12.1 Å². The molecule has 4 heteroatoms. The van der Waals surface area contributed by atoms with E-state index >= 15 is 0 Å². The Morgan fingerprint density at radius 2 is 1.86 bits per heavy atom. The summed E-state index contributed by atoms with van der Waals surface area (Å²) in [4.78, 5) is 0. The Morgan fingerprint density at radius 3 is 2.33 bits per heavy atom. The first-order valence-electron chi connectivity index (χ1n) is 7.40. The fourth-order valence-corrected chi connectivity index (χ4v) is 1.79. The Labute approximate surface area is 133 Å². The molecule has 3 nitrogen and oxygen atoms in total. The van der Waals surface area contributed by atoms with Gasteiger partial charge in [-0.1, -0.05) is 31.5 Å². The highest BCUT2D eigenvalue weighted by atomic mass is 35.5. The van der Waals surface area contributed by atoms with Crippen LogP contribution in [0.5, 0.6) is 5.75 Å². The van der Waals surface area contributed by atoms with Crippen LogP contribution in [0.2, 0.25) is 5.02 Å². The van der Waals surface area contributed by atoms with Gasteiger partial charge in [-0.05, 0) is 51.3 Å². The quantitative estimate of drug-likeness (QED) is 0.833. The first-order valence-corrected chi connectivity index (χ1v) is 7.78. The van der Waals surface area contributed by atoms with Gasteiger partial charge in [0.2, 0.25) is 0 Å². The third kappa shape index (κ3) is 6.25. The molecule has 0 saturated heterocycles. The molecule has 0 heterocycles. The molecule has 0 amide bonds. The third-order valence-electron chi connectivity index (χ3n) is 3.58. The zero-order valence-electron chi connectivity index (χ0n) is 14.0. The Kier molecular flexibility index (Phi) is 6.09. The molecular weight excluding hydrogens is 286 g/mol. The maximum atomic E-state index is 10.2. The number of hydrogen-bond donors (Lipinski definition) is 2. The second-order valence-electron chi connectivity index (χ2n) is 7.17. The Balaban J connectivity index is 2.66. The van der Waals surface area contributed by atoms with Crippen molar-refractivity contribution >= 4 is 11.6 Å². The number of rotatable bonds is 6. The molecule has 0 fully saturated rings. The van der Waals surface area contributed by atoms with Crippen LogP contribution in [0, 0.1) is 5.92 Å². The highest BCUT2D eigenvalue weighted by Crippen LogP contribution is 2.27. The van der Waals surface area contributed by atoms with Gasteiger partial charge in [0, 0.05) is 12.1 Å². The molecule has 0 saturated carbocycles. The predicted molar refractivity (Wildman–Crippen MR) is 89.0 cm³/mol. The largest absolute Gasteiger partial charge is 0.489 e. The maximum absolute atomic E-state index is 10.2. The molecule has 1 aromatic rings. The maximum Gasteiger partial charge on any atom is 0.138 e. The van der Waals surface area contributed by atoms with Crippen molar-refractivity contribution in [1.82, 2.24) is 5.32 Å². The first-order chi connectivity index (χ1) is 9.51. The number of halogens is 1. The number of benzene rings is 1. The topological polar surface area (TPSA) is 41.5 Å². The molecule has 0 spiro atoms. The third-order valence-corrected chi connectivity index (χ3v) is 3.88. The fraction of sp³-hybridized carbons (Fsp3) is 0.647. The van der Waals surface area contributed by atoms with Gasteiger partial charge in [0.05, 0.1) is 10.6 Å². The summed E-state index contributed by atoms with van der Waals surface area (Å²) in [6, 6.07) is 5.75. The van der Waals surface area contributed by atoms with E-state index in [-0.39, 0.29) is 18.1 Å². The van der Waals surface area contributed by atoms with Crippen LogP contribution in [0.15, 0.2) is 18.2 Å². The molecule has 120 valence electrons. The summed E-state index contributed by atoms with van der Waals surface area (Å²) in [7, 11) is 0. The number of hydrogen-bond acceptors (Lipinski definition) is 3. The SMILES string of the molecule is CC(C)C(C)(O)COc1ccc(CNC(C)(C)C)cc1Cl. The van der Waals surface area contributed by atoms with Gasteiger partial charge in [0.1, 0.15) is 12.4 Å². The van der Waals surface area contributed by atoms with Crippen LogP contribution in [-0.2, 0) is 6.54 Å². The molecule has 2 N–H and O–H groups in total. The summed E-state index contributed by atoms with van der Waals surface area (Å²) in [5.41, 5.74) is 0.311. The van der Waals surface area contributed by atoms with Crippen LogP contribution in [-0.4, -0.2) is 22.9 Å². The van der Waals surface area contributed by atoms with Crippen LogP contribution in [0.3, 0.4) is 0 Å². The number of aliphatic hydroxyl groups is 1. The van der Waals surface area contributed by atoms with E-state index in [9.17, 15) is 5.11 Å². The minimum atomic E-state index is -0.865. The van der Waals surface area contributed by atoms with E-state index in [4.69, 9.17) is 16.3 Å². The van der Waals surface area contributed by atoms with E-state index in [1.54, 1.807) is 6.92 Å². The highest BCUT2D eigenvalue weighted by Gasteiger charge is 2.26. The van der Waals surface area contributed by atoms with E-state index < -0.39 is 5.60 Å². The molecule has 0 bridgehead atoms. The lowest BCUT2D eigenvalue weighted by Gasteiger charge is -2.27. The molecule has 1 aromatic carbocycles. The van der Waals surface area contributed by atoms with Gasteiger partial charge in [-0.15, -0.1) is 0 Å². The molecule has 1 rings (SSSR count). The monoisotopic (exact) mass is 313 g/mol. The van der Waals surface area contributed by atoms with E-state index in [1.165, 1.54) is 0 Å². The van der Waals surface area contributed by atoms with E-state index in [0.29, 0.717) is 10.8 Å². The van der Waals surface area contributed by atoms with Crippen LogP contribution in [0.1, 0.15) is 47.1 Å². The minimum Gasteiger partial charge on any atom is -0.489 e. The summed E-state index contributed by atoms with van der Waals surface area (Å²) in [5.74, 6) is 0.726. The normalized spacial score (nSPS) is 15.1. The predicted octanol–water partition coefficient (Wildman–Crippen LogP) is 4.01. The second kappa shape index (κ2) is 6.99. The van der Waals surface area contributed by atoms with Gasteiger partial charge < -0.3 is 15.2 Å². The van der Waals surface area contributed by atoms with Crippen molar-refractivity contribution in [1.29, 1.82) is 0 Å². The molecular formula is C17H28ClNO2. The molecule has 0 aliphatic heterocycles. The van der Waals surface area contributed by atoms with Crippen molar-refractivity contribution in [2.45, 2.75) is 59.2 Å². The first kappa shape index (κ1) is 18.3. The van der Waals surface area contributed by atoms with Gasteiger partial charge in [-0.25, -0.2) is 0 Å². The molecule has 21 heavy (non-hydrogen) atoms. The highest BCUT2D eigenvalue weighted by molar-refractivity contribution is 6.32. The summed E-state index contributed by atoms with van der Waals surface area (Å²) >= 11 is 6.25. The lowest BCUT2D eigenvalue weighted by atomic mass is 9.94. The van der Waals surface area contributed by atoms with Crippen LogP contribution < -0.4 is 10.1 Å². The molecule has 0 aromatic heterocycles. The van der Waals surface area contributed by atoms with Gasteiger partial charge in [0.25, 0.3) is 0 Å². The summed E-state index contributed by atoms with van der Waals surface area (Å²) < 4.78 is 5.66. The van der Waals surface area contributed by atoms with Crippen molar-refractivity contribution in [3.63, 3.8) is 0 Å². The van der Waals surface area contributed by atoms with Gasteiger partial charge in [-0.3, -0.25) is 0 Å². The Hall–Kier alpha value is -0.770. The van der Waals surface area contributed by atoms with Gasteiger partial charge in [-0.2, -0.15) is 0 Å². The van der Waals surface area contributed by atoms with E-state index in [1.807, 2.05) is 32.0 Å². The van der Waals surface area contributed by atoms with Gasteiger partial charge in [0.15, 0.2) is 0 Å². The lowest BCUT2D eigenvalue weighted by Crippen LogP contribution is -2.37. The molecule has 1 atom stereocenters. The van der Waals surface area contributed by atoms with Crippen molar-refractivity contribution in [3.05, 3.63) is 28.8 Å². The van der Waals surface area contributed by atoms with Crippen molar-refractivity contribution < 1.29 is 9.84 Å². The standard InChI is InChI=1S/C17H28ClNO2/c1-12(2)17(6,20)11-21-15-8-7-13(9-14(15)18)10-19-16(3,4)5/h7-9,12,19-20H,10-11H2,1-6H3. The zero-order chi connectivity index (χ0) is 16.3. The number of nitrogens with one attached hydrogen (secondary N) is 1.